The fraction of sp³-hybridized carbons (Fsp3) is 0.143. The molecule has 0 aliphatic carbocycles. The van der Waals surface area contributed by atoms with Gasteiger partial charge in [-0.05, 0) is 45.3 Å². The summed E-state index contributed by atoms with van der Waals surface area (Å²) in [5.74, 6) is 0.394. The maximum absolute atomic E-state index is 12.2. The summed E-state index contributed by atoms with van der Waals surface area (Å²) in [7, 11) is -3.59. The molecule has 0 radical (unpaired) electrons. The molecule has 3 nitrogen and oxygen atoms in total. The van der Waals surface area contributed by atoms with Gasteiger partial charge in [0.25, 0.3) is 0 Å². The Kier molecular flexibility index (Phi) is 5.68. The van der Waals surface area contributed by atoms with Crippen molar-refractivity contribution >= 4 is 49.2 Å². The number of sulfonamides is 1. The predicted octanol–water partition coefficient (Wildman–Crippen LogP) is 4.32. The average Bonchev–Trinajstić information content (AvgIpc) is 2.48. The summed E-state index contributed by atoms with van der Waals surface area (Å²) in [6.07, 6.45) is 0. The van der Waals surface area contributed by atoms with E-state index >= 15 is 0 Å². The fourth-order valence-corrected chi connectivity index (χ4v) is 3.59. The van der Waals surface area contributed by atoms with E-state index in [9.17, 15) is 8.42 Å². The van der Waals surface area contributed by atoms with Crippen LogP contribution in [0.1, 0.15) is 11.1 Å². The van der Waals surface area contributed by atoms with Gasteiger partial charge in [0.05, 0.1) is 9.92 Å². The number of halogens is 3. The van der Waals surface area contributed by atoms with Crippen LogP contribution >= 0.6 is 39.1 Å². The van der Waals surface area contributed by atoms with E-state index in [1.165, 1.54) is 18.2 Å². The van der Waals surface area contributed by atoms with Gasteiger partial charge in [0.1, 0.15) is 0 Å². The average molecular weight is 409 g/mol. The first-order chi connectivity index (χ1) is 9.92. The molecule has 0 aliphatic heterocycles. The summed E-state index contributed by atoms with van der Waals surface area (Å²) in [5, 5.41) is 0.462. The molecule has 0 unspecified atom stereocenters. The van der Waals surface area contributed by atoms with Gasteiger partial charge in [-0.1, -0.05) is 35.9 Å². The minimum atomic E-state index is -3.59. The van der Waals surface area contributed by atoms with Crippen molar-refractivity contribution in [3.63, 3.8) is 0 Å². The highest BCUT2D eigenvalue weighted by molar-refractivity contribution is 9.10. The van der Waals surface area contributed by atoms with Crippen LogP contribution < -0.4 is 4.72 Å². The molecule has 0 bridgehead atoms. The molecule has 0 fully saturated rings. The normalized spacial score (nSPS) is 11.6. The Balaban J connectivity index is 2.15. The van der Waals surface area contributed by atoms with Crippen LogP contribution in [-0.4, -0.2) is 8.42 Å². The molecular formula is C14H12BrCl2NO2S. The van der Waals surface area contributed by atoms with E-state index in [4.69, 9.17) is 23.2 Å². The molecule has 0 heterocycles. The maximum Gasteiger partial charge on any atom is 0.240 e. The van der Waals surface area contributed by atoms with E-state index < -0.39 is 10.0 Å². The third-order valence-corrected chi connectivity index (χ3v) is 5.73. The van der Waals surface area contributed by atoms with Gasteiger partial charge < -0.3 is 0 Å². The molecule has 7 heteroatoms. The van der Waals surface area contributed by atoms with Crippen LogP contribution in [0.4, 0.5) is 0 Å². The predicted molar refractivity (Wildman–Crippen MR) is 89.2 cm³/mol. The number of nitrogens with one attached hydrogen (secondary N) is 1. The zero-order chi connectivity index (χ0) is 15.5. The van der Waals surface area contributed by atoms with Crippen LogP contribution in [0.3, 0.4) is 0 Å². The summed E-state index contributed by atoms with van der Waals surface area (Å²) >= 11 is 14.8. The molecule has 0 amide bonds. The van der Waals surface area contributed by atoms with Gasteiger partial charge in [-0.15, -0.1) is 11.6 Å². The van der Waals surface area contributed by atoms with Gasteiger partial charge in [-0.3, -0.25) is 0 Å². The fourth-order valence-electron chi connectivity index (χ4n) is 1.73. The second-order valence-electron chi connectivity index (χ2n) is 4.35. The van der Waals surface area contributed by atoms with Crippen LogP contribution in [0.5, 0.6) is 0 Å². The zero-order valence-corrected chi connectivity index (χ0v) is 14.7. The Bertz CT molecular complexity index is 750. The zero-order valence-electron chi connectivity index (χ0n) is 10.8. The molecule has 21 heavy (non-hydrogen) atoms. The third kappa shape index (κ3) is 4.44. The monoisotopic (exact) mass is 407 g/mol. The van der Waals surface area contributed by atoms with Crippen molar-refractivity contribution in [1.82, 2.24) is 4.72 Å². The first-order valence-corrected chi connectivity index (χ1v) is 9.20. The van der Waals surface area contributed by atoms with Crippen LogP contribution in [0, 0.1) is 0 Å². The molecule has 1 N–H and O–H groups in total. The molecule has 2 aromatic rings. The van der Waals surface area contributed by atoms with Crippen molar-refractivity contribution in [3.8, 4) is 0 Å². The number of hydrogen-bond acceptors (Lipinski definition) is 2. The van der Waals surface area contributed by atoms with Gasteiger partial charge in [0.2, 0.25) is 10.0 Å². The standard InChI is InChI=1S/C14H12BrCl2NO2S/c15-13-7-12(4-5-14(13)17)21(19,20)18-9-11-3-1-2-10(6-11)8-16/h1-7,18H,8-9H2. The Morgan fingerprint density at radius 3 is 2.48 bits per heavy atom. The molecule has 0 atom stereocenters. The largest absolute Gasteiger partial charge is 0.240 e. The highest BCUT2D eigenvalue weighted by atomic mass is 79.9. The highest BCUT2D eigenvalue weighted by Crippen LogP contribution is 2.25. The van der Waals surface area contributed by atoms with Crippen molar-refractivity contribution in [2.24, 2.45) is 0 Å². The van der Waals surface area contributed by atoms with Crippen LogP contribution in [-0.2, 0) is 22.4 Å². The molecule has 0 saturated heterocycles. The van der Waals surface area contributed by atoms with Gasteiger partial charge in [0, 0.05) is 16.9 Å². The minimum Gasteiger partial charge on any atom is -0.207 e. The van der Waals surface area contributed by atoms with E-state index in [-0.39, 0.29) is 11.4 Å². The van der Waals surface area contributed by atoms with E-state index in [0.717, 1.165) is 11.1 Å². The number of hydrogen-bond donors (Lipinski definition) is 1. The van der Waals surface area contributed by atoms with Crippen molar-refractivity contribution in [3.05, 3.63) is 63.1 Å². The van der Waals surface area contributed by atoms with Gasteiger partial charge in [-0.2, -0.15) is 0 Å². The maximum atomic E-state index is 12.2. The van der Waals surface area contributed by atoms with Gasteiger partial charge >= 0.3 is 0 Å². The van der Waals surface area contributed by atoms with Crippen LogP contribution in [0.2, 0.25) is 5.02 Å². The number of benzene rings is 2. The summed E-state index contributed by atoms with van der Waals surface area (Å²) in [5.41, 5.74) is 1.80. The lowest BCUT2D eigenvalue weighted by Crippen LogP contribution is -2.23. The van der Waals surface area contributed by atoms with Gasteiger partial charge in [0.15, 0.2) is 0 Å². The minimum absolute atomic E-state index is 0.160. The van der Waals surface area contributed by atoms with E-state index in [1.807, 2.05) is 24.3 Å². The van der Waals surface area contributed by atoms with E-state index in [0.29, 0.717) is 15.4 Å². The van der Waals surface area contributed by atoms with Crippen molar-refractivity contribution in [1.29, 1.82) is 0 Å². The Morgan fingerprint density at radius 1 is 1.10 bits per heavy atom. The Morgan fingerprint density at radius 2 is 1.81 bits per heavy atom. The molecular weight excluding hydrogens is 397 g/mol. The lowest BCUT2D eigenvalue weighted by atomic mass is 10.1. The molecule has 0 spiro atoms. The SMILES string of the molecule is O=S(=O)(NCc1cccc(CCl)c1)c1ccc(Cl)c(Br)c1. The van der Waals surface area contributed by atoms with Crippen molar-refractivity contribution < 1.29 is 8.42 Å². The Hall–Kier alpha value is -0.590. The van der Waals surface area contributed by atoms with E-state index in [1.54, 1.807) is 0 Å². The molecule has 2 rings (SSSR count). The first kappa shape index (κ1) is 16.8. The molecule has 0 aliphatic rings. The van der Waals surface area contributed by atoms with E-state index in [2.05, 4.69) is 20.7 Å². The van der Waals surface area contributed by atoms with Crippen molar-refractivity contribution in [2.45, 2.75) is 17.3 Å². The van der Waals surface area contributed by atoms with Crippen LogP contribution in [0.25, 0.3) is 0 Å². The summed E-state index contributed by atoms with van der Waals surface area (Å²) in [4.78, 5) is 0.160. The molecule has 0 saturated carbocycles. The second-order valence-corrected chi connectivity index (χ2v) is 7.65. The smallest absolute Gasteiger partial charge is 0.207 e. The molecule has 0 aromatic heterocycles. The lowest BCUT2D eigenvalue weighted by Gasteiger charge is -2.08. The third-order valence-electron chi connectivity index (χ3n) is 2.81. The quantitative estimate of drug-likeness (QED) is 0.748. The summed E-state index contributed by atoms with van der Waals surface area (Å²) < 4.78 is 27.5. The van der Waals surface area contributed by atoms with Crippen LogP contribution in [0.15, 0.2) is 51.8 Å². The highest BCUT2D eigenvalue weighted by Gasteiger charge is 2.15. The summed E-state index contributed by atoms with van der Waals surface area (Å²) in [6, 6.07) is 11.9. The first-order valence-electron chi connectivity index (χ1n) is 6.01. The Labute approximate surface area is 142 Å². The second kappa shape index (κ2) is 7.11. The van der Waals surface area contributed by atoms with Crippen molar-refractivity contribution in [2.75, 3.05) is 0 Å². The molecule has 112 valence electrons. The van der Waals surface area contributed by atoms with Gasteiger partial charge in [-0.25, -0.2) is 13.1 Å². The topological polar surface area (TPSA) is 46.2 Å². The number of rotatable bonds is 5. The number of alkyl halides is 1. The lowest BCUT2D eigenvalue weighted by molar-refractivity contribution is 0.581. The summed E-state index contributed by atoms with van der Waals surface area (Å²) in [6.45, 7) is 0.202. The molecule has 2 aromatic carbocycles.